The number of amides is 1. The maximum Gasteiger partial charge on any atom is 0.255 e. The van der Waals surface area contributed by atoms with Gasteiger partial charge in [0.2, 0.25) is 11.1 Å². The van der Waals surface area contributed by atoms with Gasteiger partial charge in [-0.1, -0.05) is 96.2 Å². The number of anilines is 2. The number of carbonyl (C=O) groups is 1. The van der Waals surface area contributed by atoms with Gasteiger partial charge in [0.05, 0.1) is 18.4 Å². The van der Waals surface area contributed by atoms with E-state index in [0.717, 1.165) is 22.4 Å². The Morgan fingerprint density at radius 3 is 2.48 bits per heavy atom. The van der Waals surface area contributed by atoms with E-state index in [0.29, 0.717) is 51.2 Å². The minimum Gasteiger partial charge on any atom is -0.495 e. The first-order valence-corrected chi connectivity index (χ1v) is 15.4. The highest BCUT2D eigenvalue weighted by molar-refractivity contribution is 7.98. The summed E-state index contributed by atoms with van der Waals surface area (Å²) in [5.41, 5.74) is 4.69. The van der Waals surface area contributed by atoms with Gasteiger partial charge in [-0.3, -0.25) is 4.79 Å². The number of thioether (sulfide) groups is 1. The van der Waals surface area contributed by atoms with E-state index in [4.69, 9.17) is 31.2 Å². The summed E-state index contributed by atoms with van der Waals surface area (Å²) in [5.74, 6) is 2.17. The molecule has 8 nitrogen and oxygen atoms in total. The summed E-state index contributed by atoms with van der Waals surface area (Å²) in [4.78, 5) is 18.7. The van der Waals surface area contributed by atoms with Gasteiger partial charge in [0.25, 0.3) is 5.91 Å². The number of carbonyl (C=O) groups excluding carboxylic acids is 1. The SMILES string of the molecule is COc1ccccc1NC(=O)C1=C(C)Nc2nc(SCc3ccccc3Cl)nn2C1c1ccc(OCc2ccccc2)cc1. The molecular weight excluding hydrogens is 594 g/mol. The van der Waals surface area contributed by atoms with E-state index < -0.39 is 6.04 Å². The van der Waals surface area contributed by atoms with Gasteiger partial charge in [-0.15, -0.1) is 5.10 Å². The number of hydrogen-bond donors (Lipinski definition) is 2. The summed E-state index contributed by atoms with van der Waals surface area (Å²) in [6.07, 6.45) is 0. The third-order valence-electron chi connectivity index (χ3n) is 7.19. The van der Waals surface area contributed by atoms with Crippen LogP contribution < -0.4 is 20.1 Å². The van der Waals surface area contributed by atoms with Crippen molar-refractivity contribution in [2.24, 2.45) is 0 Å². The molecule has 10 heteroatoms. The van der Waals surface area contributed by atoms with Crippen molar-refractivity contribution in [2.75, 3.05) is 17.7 Å². The van der Waals surface area contributed by atoms with E-state index in [-0.39, 0.29) is 5.91 Å². The molecule has 6 rings (SSSR count). The van der Waals surface area contributed by atoms with Crippen LogP contribution >= 0.6 is 23.4 Å². The fourth-order valence-electron chi connectivity index (χ4n) is 4.98. The smallest absolute Gasteiger partial charge is 0.255 e. The largest absolute Gasteiger partial charge is 0.495 e. The summed E-state index contributed by atoms with van der Waals surface area (Å²) in [5, 5.41) is 12.4. The molecule has 0 spiro atoms. The molecule has 5 aromatic rings. The Kier molecular flexibility index (Phi) is 8.86. The van der Waals surface area contributed by atoms with E-state index in [9.17, 15) is 4.79 Å². The van der Waals surface area contributed by atoms with Gasteiger partial charge in [0.1, 0.15) is 24.1 Å². The number of fused-ring (bicyclic) bond motifs is 1. The average molecular weight is 624 g/mol. The van der Waals surface area contributed by atoms with Crippen LogP contribution in [0.15, 0.2) is 120 Å². The number of methoxy groups -OCH3 is 1. The number of ether oxygens (including phenoxy) is 2. The second-order valence-electron chi connectivity index (χ2n) is 10.1. The first-order valence-electron chi connectivity index (χ1n) is 14.0. The van der Waals surface area contributed by atoms with Crippen LogP contribution in [0.1, 0.15) is 29.7 Å². The molecule has 222 valence electrons. The van der Waals surface area contributed by atoms with E-state index in [1.165, 1.54) is 11.8 Å². The van der Waals surface area contributed by atoms with Crippen molar-refractivity contribution in [3.8, 4) is 11.5 Å². The molecule has 1 aliphatic heterocycles. The normalized spacial score (nSPS) is 14.0. The Morgan fingerprint density at radius 2 is 1.70 bits per heavy atom. The summed E-state index contributed by atoms with van der Waals surface area (Å²) < 4.78 is 13.3. The third-order valence-corrected chi connectivity index (χ3v) is 8.45. The fraction of sp³-hybridized carbons (Fsp3) is 0.147. The van der Waals surface area contributed by atoms with Gasteiger partial charge < -0.3 is 20.1 Å². The van der Waals surface area contributed by atoms with E-state index in [1.807, 2.05) is 97.9 Å². The summed E-state index contributed by atoms with van der Waals surface area (Å²) >= 11 is 7.86. The number of nitrogens with one attached hydrogen (secondary N) is 2. The lowest BCUT2D eigenvalue weighted by atomic mass is 9.95. The molecule has 4 aromatic carbocycles. The van der Waals surface area contributed by atoms with Crippen LogP contribution in [0, 0.1) is 0 Å². The second-order valence-corrected chi connectivity index (χ2v) is 11.5. The Morgan fingerprint density at radius 1 is 0.977 bits per heavy atom. The monoisotopic (exact) mass is 623 g/mol. The van der Waals surface area contributed by atoms with Crippen LogP contribution in [-0.4, -0.2) is 27.8 Å². The van der Waals surface area contributed by atoms with E-state index in [1.54, 1.807) is 23.9 Å². The molecule has 1 amide bonds. The molecule has 1 aromatic heterocycles. The second kappa shape index (κ2) is 13.3. The highest BCUT2D eigenvalue weighted by Gasteiger charge is 2.34. The number of allylic oxidation sites excluding steroid dienone is 1. The molecule has 0 bridgehead atoms. The van der Waals surface area contributed by atoms with Crippen molar-refractivity contribution in [3.63, 3.8) is 0 Å². The predicted octanol–water partition coefficient (Wildman–Crippen LogP) is 7.74. The topological polar surface area (TPSA) is 90.3 Å². The zero-order valence-corrected chi connectivity index (χ0v) is 25.7. The lowest BCUT2D eigenvalue weighted by Crippen LogP contribution is -2.31. The number of halogens is 1. The molecule has 0 saturated heterocycles. The van der Waals surface area contributed by atoms with Crippen molar-refractivity contribution in [3.05, 3.63) is 136 Å². The van der Waals surface area contributed by atoms with Crippen molar-refractivity contribution < 1.29 is 14.3 Å². The van der Waals surface area contributed by atoms with Crippen LogP contribution in [0.2, 0.25) is 5.02 Å². The molecule has 0 aliphatic carbocycles. The Hall–Kier alpha value is -4.73. The molecule has 0 radical (unpaired) electrons. The van der Waals surface area contributed by atoms with Gasteiger partial charge in [0.15, 0.2) is 0 Å². The first kappa shape index (κ1) is 29.3. The van der Waals surface area contributed by atoms with Crippen molar-refractivity contribution in [2.45, 2.75) is 30.5 Å². The maximum atomic E-state index is 14.0. The van der Waals surface area contributed by atoms with Crippen LogP contribution in [-0.2, 0) is 17.2 Å². The van der Waals surface area contributed by atoms with Gasteiger partial charge in [-0.05, 0) is 53.9 Å². The van der Waals surface area contributed by atoms with Crippen LogP contribution in [0.3, 0.4) is 0 Å². The molecule has 1 aliphatic rings. The molecule has 44 heavy (non-hydrogen) atoms. The number of nitrogens with zero attached hydrogens (tertiary/aromatic N) is 3. The van der Waals surface area contributed by atoms with Crippen molar-refractivity contribution >= 4 is 40.9 Å². The number of rotatable bonds is 10. The Labute approximate surface area is 265 Å². The molecule has 2 heterocycles. The maximum absolute atomic E-state index is 14.0. The molecule has 0 saturated carbocycles. The van der Waals surface area contributed by atoms with Gasteiger partial charge in [0, 0.05) is 16.5 Å². The first-order chi connectivity index (χ1) is 21.5. The highest BCUT2D eigenvalue weighted by Crippen LogP contribution is 2.38. The summed E-state index contributed by atoms with van der Waals surface area (Å²) in [6, 6.07) is 32.2. The van der Waals surface area contributed by atoms with Crippen LogP contribution in [0.5, 0.6) is 11.5 Å². The molecule has 1 unspecified atom stereocenters. The lowest BCUT2D eigenvalue weighted by Gasteiger charge is -2.29. The van der Waals surface area contributed by atoms with Crippen molar-refractivity contribution in [1.29, 1.82) is 0 Å². The Balaban J connectivity index is 1.31. The predicted molar refractivity (Wildman–Crippen MR) is 174 cm³/mol. The number of benzene rings is 4. The quantitative estimate of drug-likeness (QED) is 0.154. The molecule has 2 N–H and O–H groups in total. The number of para-hydroxylation sites is 2. The zero-order valence-electron chi connectivity index (χ0n) is 24.2. The third kappa shape index (κ3) is 6.44. The van der Waals surface area contributed by atoms with Crippen molar-refractivity contribution in [1.82, 2.24) is 14.8 Å². The van der Waals surface area contributed by atoms with Gasteiger partial charge >= 0.3 is 0 Å². The molecule has 0 fully saturated rings. The summed E-state index contributed by atoms with van der Waals surface area (Å²) in [6.45, 7) is 2.33. The lowest BCUT2D eigenvalue weighted by molar-refractivity contribution is -0.113. The number of aromatic nitrogens is 3. The highest BCUT2D eigenvalue weighted by atomic mass is 35.5. The minimum absolute atomic E-state index is 0.277. The van der Waals surface area contributed by atoms with Crippen LogP contribution in [0.25, 0.3) is 0 Å². The van der Waals surface area contributed by atoms with Gasteiger partial charge in [-0.2, -0.15) is 4.98 Å². The van der Waals surface area contributed by atoms with E-state index >= 15 is 0 Å². The standard InChI is InChI=1S/C34H30ClN5O3S/c1-22-30(32(41)37-28-14-8-9-15-29(28)42-2)31(24-16-18-26(19-17-24)43-20-23-10-4-3-5-11-23)40-33(36-22)38-34(39-40)44-21-25-12-6-7-13-27(25)35/h3-19,31H,20-21H2,1-2H3,(H,37,41)(H,36,38,39). The molecule has 1 atom stereocenters. The summed E-state index contributed by atoms with van der Waals surface area (Å²) in [7, 11) is 1.57. The van der Waals surface area contributed by atoms with Gasteiger partial charge in [-0.25, -0.2) is 4.68 Å². The fourth-order valence-corrected chi connectivity index (χ4v) is 6.09. The Bertz CT molecular complexity index is 1810. The average Bonchev–Trinajstić information content (AvgIpc) is 3.46. The minimum atomic E-state index is -0.550. The van der Waals surface area contributed by atoms with E-state index in [2.05, 4.69) is 10.6 Å². The zero-order chi connectivity index (χ0) is 30.5. The number of hydrogen-bond acceptors (Lipinski definition) is 7. The molecular formula is C34H30ClN5O3S. The van der Waals surface area contributed by atoms with Crippen LogP contribution in [0.4, 0.5) is 11.6 Å².